The maximum Gasteiger partial charge on any atom is 0.267 e. The molecule has 25 heavy (non-hydrogen) atoms. The molecule has 1 atom stereocenters. The lowest BCUT2D eigenvalue weighted by molar-refractivity contribution is 0.0995. The van der Waals surface area contributed by atoms with Gasteiger partial charge in [0.15, 0.2) is 5.82 Å². The van der Waals surface area contributed by atoms with Crippen molar-refractivity contribution >= 4 is 11.5 Å². The van der Waals surface area contributed by atoms with Crippen molar-refractivity contribution in [2.24, 2.45) is 5.73 Å². The van der Waals surface area contributed by atoms with E-state index in [1.54, 1.807) is 0 Å². The summed E-state index contributed by atoms with van der Waals surface area (Å²) in [6, 6.07) is 9.42. The Morgan fingerprint density at radius 3 is 2.68 bits per heavy atom. The van der Waals surface area contributed by atoms with Crippen molar-refractivity contribution in [2.45, 2.75) is 38.9 Å². The molecule has 3 N–H and O–H groups in total. The van der Waals surface area contributed by atoms with E-state index >= 15 is 0 Å². The summed E-state index contributed by atoms with van der Waals surface area (Å²) < 4.78 is 6.00. The average molecular weight is 339 g/mol. The normalized spacial score (nSPS) is 17.0. The standard InChI is InChI=1S/C19H21N3O3/c1-12-2-6-15(7-3-12)25-16-8-4-13(5-9-16)19-21-14(11-23)10-17(22-19)18(20)24/h2-4,6-7,10,16,23H,5,8-9,11H2,1H3,(H2,20,24). The molecule has 1 aromatic carbocycles. The molecule has 0 fully saturated rings. The second-order valence-electron chi connectivity index (χ2n) is 6.15. The third-order valence-electron chi connectivity index (χ3n) is 4.17. The summed E-state index contributed by atoms with van der Waals surface area (Å²) in [5, 5.41) is 9.31. The van der Waals surface area contributed by atoms with Gasteiger partial charge in [0.25, 0.3) is 5.91 Å². The maximum absolute atomic E-state index is 11.4. The van der Waals surface area contributed by atoms with Crippen molar-refractivity contribution in [2.75, 3.05) is 0 Å². The molecule has 1 aromatic heterocycles. The number of amides is 1. The fraction of sp³-hybridized carbons (Fsp3) is 0.316. The third-order valence-corrected chi connectivity index (χ3v) is 4.17. The molecule has 0 aliphatic heterocycles. The highest BCUT2D eigenvalue weighted by atomic mass is 16.5. The molecule has 0 bridgehead atoms. The first kappa shape index (κ1) is 17.1. The number of nitrogens with zero attached hydrogens (tertiary/aromatic N) is 2. The van der Waals surface area contributed by atoms with Crippen LogP contribution in [0, 0.1) is 6.92 Å². The molecule has 1 unspecified atom stereocenters. The number of aliphatic hydroxyl groups excluding tert-OH is 1. The Labute approximate surface area is 146 Å². The number of primary amides is 1. The number of aryl methyl sites for hydroxylation is 1. The zero-order chi connectivity index (χ0) is 17.8. The topological polar surface area (TPSA) is 98.3 Å². The van der Waals surface area contributed by atoms with Crippen LogP contribution in [0.25, 0.3) is 5.57 Å². The van der Waals surface area contributed by atoms with Gasteiger partial charge in [-0.1, -0.05) is 23.8 Å². The molecule has 1 heterocycles. The first-order valence-corrected chi connectivity index (χ1v) is 8.26. The van der Waals surface area contributed by atoms with Crippen molar-refractivity contribution < 1.29 is 14.6 Å². The largest absolute Gasteiger partial charge is 0.490 e. The highest BCUT2D eigenvalue weighted by Crippen LogP contribution is 2.28. The Bertz CT molecular complexity index is 800. The van der Waals surface area contributed by atoms with Crippen molar-refractivity contribution in [1.82, 2.24) is 9.97 Å². The van der Waals surface area contributed by atoms with Crippen molar-refractivity contribution in [3.63, 3.8) is 0 Å². The van der Waals surface area contributed by atoms with Crippen LogP contribution in [0.15, 0.2) is 36.4 Å². The predicted molar refractivity (Wildman–Crippen MR) is 93.9 cm³/mol. The van der Waals surface area contributed by atoms with E-state index in [0.717, 1.165) is 30.6 Å². The van der Waals surface area contributed by atoms with E-state index in [2.05, 4.69) is 9.97 Å². The lowest BCUT2D eigenvalue weighted by atomic mass is 9.96. The van der Waals surface area contributed by atoms with E-state index in [1.165, 1.54) is 11.6 Å². The number of carbonyl (C=O) groups excluding carboxylic acids is 1. The Hall–Kier alpha value is -2.73. The number of aromatic nitrogens is 2. The maximum atomic E-state index is 11.4. The van der Waals surface area contributed by atoms with Gasteiger partial charge in [-0.25, -0.2) is 9.97 Å². The molecule has 0 saturated carbocycles. The van der Waals surface area contributed by atoms with Crippen LogP contribution in [0.3, 0.4) is 0 Å². The minimum Gasteiger partial charge on any atom is -0.490 e. The summed E-state index contributed by atoms with van der Waals surface area (Å²) in [7, 11) is 0. The summed E-state index contributed by atoms with van der Waals surface area (Å²) in [5.41, 5.74) is 7.95. The molecule has 1 amide bonds. The molecule has 3 rings (SSSR count). The summed E-state index contributed by atoms with van der Waals surface area (Å²) in [4.78, 5) is 19.9. The number of rotatable bonds is 5. The molecule has 6 nitrogen and oxygen atoms in total. The quantitative estimate of drug-likeness (QED) is 0.871. The van der Waals surface area contributed by atoms with Gasteiger partial charge in [0.2, 0.25) is 0 Å². The number of hydrogen-bond acceptors (Lipinski definition) is 5. The molecule has 0 spiro atoms. The monoisotopic (exact) mass is 339 g/mol. The summed E-state index contributed by atoms with van der Waals surface area (Å²) >= 11 is 0. The number of nitrogens with two attached hydrogens (primary N) is 1. The van der Waals surface area contributed by atoms with Crippen LogP contribution in [-0.4, -0.2) is 27.1 Å². The van der Waals surface area contributed by atoms with Gasteiger partial charge in [-0.05, 0) is 43.5 Å². The summed E-state index contributed by atoms with van der Waals surface area (Å²) in [6.45, 7) is 1.78. The fourth-order valence-corrected chi connectivity index (χ4v) is 2.78. The van der Waals surface area contributed by atoms with E-state index in [1.807, 2.05) is 37.3 Å². The minimum atomic E-state index is -0.629. The molecular weight excluding hydrogens is 318 g/mol. The lowest BCUT2D eigenvalue weighted by Gasteiger charge is -2.23. The second kappa shape index (κ2) is 7.44. The number of allylic oxidation sites excluding steroid dienone is 1. The molecular formula is C19H21N3O3. The van der Waals surface area contributed by atoms with Gasteiger partial charge >= 0.3 is 0 Å². The Balaban J connectivity index is 1.73. The highest BCUT2D eigenvalue weighted by molar-refractivity contribution is 5.91. The van der Waals surface area contributed by atoms with Crippen LogP contribution < -0.4 is 10.5 Å². The fourth-order valence-electron chi connectivity index (χ4n) is 2.78. The van der Waals surface area contributed by atoms with Crippen LogP contribution in [0.4, 0.5) is 0 Å². The van der Waals surface area contributed by atoms with Crippen LogP contribution in [0.1, 0.15) is 46.8 Å². The number of ether oxygens (including phenoxy) is 1. The van der Waals surface area contributed by atoms with E-state index in [0.29, 0.717) is 11.5 Å². The number of aliphatic hydroxyl groups is 1. The van der Waals surface area contributed by atoms with Gasteiger partial charge in [-0.3, -0.25) is 4.79 Å². The van der Waals surface area contributed by atoms with Crippen LogP contribution in [0.5, 0.6) is 5.75 Å². The van der Waals surface area contributed by atoms with E-state index < -0.39 is 5.91 Å². The average Bonchev–Trinajstić information content (AvgIpc) is 2.64. The number of benzene rings is 1. The molecule has 1 aliphatic rings. The Morgan fingerprint density at radius 2 is 2.08 bits per heavy atom. The number of hydrogen-bond donors (Lipinski definition) is 2. The molecule has 1 aliphatic carbocycles. The molecule has 2 aromatic rings. The van der Waals surface area contributed by atoms with Crippen LogP contribution in [-0.2, 0) is 6.61 Å². The zero-order valence-corrected chi connectivity index (χ0v) is 14.1. The molecule has 0 saturated heterocycles. The van der Waals surface area contributed by atoms with E-state index in [4.69, 9.17) is 10.5 Å². The van der Waals surface area contributed by atoms with Gasteiger partial charge in [0.05, 0.1) is 12.3 Å². The lowest BCUT2D eigenvalue weighted by Crippen LogP contribution is -2.20. The minimum absolute atomic E-state index is 0.100. The molecule has 130 valence electrons. The zero-order valence-electron chi connectivity index (χ0n) is 14.1. The SMILES string of the molecule is Cc1ccc(OC2CC=C(c3nc(CO)cc(C(N)=O)n3)CC2)cc1. The van der Waals surface area contributed by atoms with E-state index in [-0.39, 0.29) is 18.4 Å². The predicted octanol–water partition coefficient (Wildman–Crippen LogP) is 2.39. The first-order chi connectivity index (χ1) is 12.0. The van der Waals surface area contributed by atoms with Crippen LogP contribution in [0.2, 0.25) is 0 Å². The smallest absolute Gasteiger partial charge is 0.267 e. The highest BCUT2D eigenvalue weighted by Gasteiger charge is 2.20. The van der Waals surface area contributed by atoms with Crippen molar-refractivity contribution in [3.8, 4) is 5.75 Å². The van der Waals surface area contributed by atoms with Gasteiger partial charge in [-0.15, -0.1) is 0 Å². The molecule has 0 radical (unpaired) electrons. The van der Waals surface area contributed by atoms with Crippen molar-refractivity contribution in [3.05, 3.63) is 59.2 Å². The number of carbonyl (C=O) groups is 1. The van der Waals surface area contributed by atoms with Gasteiger partial charge < -0.3 is 15.6 Å². The molecule has 6 heteroatoms. The van der Waals surface area contributed by atoms with Gasteiger partial charge in [0.1, 0.15) is 17.5 Å². The van der Waals surface area contributed by atoms with Gasteiger partial charge in [-0.2, -0.15) is 0 Å². The van der Waals surface area contributed by atoms with Crippen molar-refractivity contribution in [1.29, 1.82) is 0 Å². The van der Waals surface area contributed by atoms with E-state index in [9.17, 15) is 9.90 Å². The third kappa shape index (κ3) is 4.22. The Kier molecular flexibility index (Phi) is 5.09. The van der Waals surface area contributed by atoms with Gasteiger partial charge in [0, 0.05) is 6.42 Å². The summed E-state index contributed by atoms with van der Waals surface area (Å²) in [6.07, 6.45) is 4.44. The summed E-state index contributed by atoms with van der Waals surface area (Å²) in [5.74, 6) is 0.687. The second-order valence-corrected chi connectivity index (χ2v) is 6.15. The Morgan fingerprint density at radius 1 is 1.32 bits per heavy atom. The first-order valence-electron chi connectivity index (χ1n) is 8.26. The van der Waals surface area contributed by atoms with Crippen LogP contribution >= 0.6 is 0 Å².